The van der Waals surface area contributed by atoms with Gasteiger partial charge in [0.1, 0.15) is 12.2 Å². The molecule has 0 fully saturated rings. The van der Waals surface area contributed by atoms with E-state index in [0.717, 1.165) is 40.6 Å². The van der Waals surface area contributed by atoms with Gasteiger partial charge in [-0.1, -0.05) is 12.1 Å². The summed E-state index contributed by atoms with van der Waals surface area (Å²) in [5.41, 5.74) is 4.41. The molecule has 6 nitrogen and oxygen atoms in total. The number of fused-ring (bicyclic) bond motifs is 1. The summed E-state index contributed by atoms with van der Waals surface area (Å²) in [5, 5.41) is 2.95. The first-order chi connectivity index (χ1) is 14.4. The summed E-state index contributed by atoms with van der Waals surface area (Å²) < 4.78 is 14.0. The lowest BCUT2D eigenvalue weighted by atomic mass is 10.0. The number of para-hydroxylation sites is 1. The summed E-state index contributed by atoms with van der Waals surface area (Å²) >= 11 is 0. The summed E-state index contributed by atoms with van der Waals surface area (Å²) in [6.45, 7) is 8.84. The zero-order chi connectivity index (χ0) is 21.3. The third-order valence-corrected chi connectivity index (χ3v) is 5.28. The first kappa shape index (κ1) is 20.0. The molecule has 0 saturated heterocycles. The Kier molecular flexibility index (Phi) is 5.24. The monoisotopic (exact) mass is 405 g/mol. The van der Waals surface area contributed by atoms with Crippen molar-refractivity contribution in [1.82, 2.24) is 14.9 Å². The van der Waals surface area contributed by atoms with Gasteiger partial charge in [0.15, 0.2) is 11.5 Å². The Hall–Kier alpha value is -3.28. The van der Waals surface area contributed by atoms with Crippen LogP contribution in [0.3, 0.4) is 0 Å². The molecule has 0 atom stereocenters. The predicted octanol–water partition coefficient (Wildman–Crippen LogP) is 4.01. The van der Waals surface area contributed by atoms with Crippen molar-refractivity contribution in [1.29, 1.82) is 0 Å². The third kappa shape index (κ3) is 3.90. The first-order valence-corrected chi connectivity index (χ1v) is 10.2. The van der Waals surface area contributed by atoms with E-state index in [1.807, 2.05) is 48.7 Å². The smallest absolute Gasteiger partial charge is 0.253 e. The zero-order valence-electron chi connectivity index (χ0n) is 17.9. The molecule has 1 aromatic carbocycles. The Labute approximate surface area is 176 Å². The van der Waals surface area contributed by atoms with Crippen molar-refractivity contribution in [3.63, 3.8) is 0 Å². The van der Waals surface area contributed by atoms with Crippen LogP contribution in [-0.2, 0) is 6.42 Å². The van der Waals surface area contributed by atoms with E-state index < -0.39 is 0 Å². The number of pyridine rings is 1. The molecule has 6 heteroatoms. The largest absolute Gasteiger partial charge is 0.488 e. The number of carbonyl (C=O) groups is 1. The maximum absolute atomic E-state index is 12.7. The molecule has 30 heavy (non-hydrogen) atoms. The number of nitrogens with zero attached hydrogens (tertiary/aromatic N) is 2. The van der Waals surface area contributed by atoms with Gasteiger partial charge in [-0.25, -0.2) is 0 Å². The molecule has 1 amide bonds. The van der Waals surface area contributed by atoms with Crippen molar-refractivity contribution in [2.45, 2.75) is 39.7 Å². The number of ether oxygens (including phenoxy) is 2. The van der Waals surface area contributed by atoms with E-state index in [0.29, 0.717) is 18.7 Å². The second-order valence-electron chi connectivity index (χ2n) is 8.22. The fourth-order valence-corrected chi connectivity index (χ4v) is 4.00. The maximum Gasteiger partial charge on any atom is 0.253 e. The number of aryl methyl sites for hydroxylation is 1. The molecule has 156 valence electrons. The Balaban J connectivity index is 1.38. The van der Waals surface area contributed by atoms with E-state index in [1.54, 1.807) is 12.4 Å². The molecule has 3 heterocycles. The molecular formula is C24H27N3O3. The van der Waals surface area contributed by atoms with Crippen LogP contribution in [0.5, 0.6) is 11.5 Å². The summed E-state index contributed by atoms with van der Waals surface area (Å²) in [7, 11) is 0. The maximum atomic E-state index is 12.7. The van der Waals surface area contributed by atoms with E-state index in [4.69, 9.17) is 9.47 Å². The summed E-state index contributed by atoms with van der Waals surface area (Å²) in [6.07, 6.45) is 4.39. The number of nitrogens with one attached hydrogen (secondary N) is 1. The molecular weight excluding hydrogens is 378 g/mol. The lowest BCUT2D eigenvalue weighted by Crippen LogP contribution is -2.28. The number of aromatic nitrogens is 2. The molecule has 0 aliphatic carbocycles. The highest BCUT2D eigenvalue weighted by atomic mass is 16.5. The van der Waals surface area contributed by atoms with Crippen LogP contribution in [0.25, 0.3) is 5.69 Å². The van der Waals surface area contributed by atoms with Gasteiger partial charge in [0, 0.05) is 29.6 Å². The normalized spacial score (nSPS) is 14.1. The van der Waals surface area contributed by atoms with Crippen molar-refractivity contribution in [2.75, 3.05) is 13.2 Å². The second kappa shape index (κ2) is 7.86. The standard InChI is InChI=1S/C24H27N3O3/c1-16-13-20(17(2)27(16)19-8-6-10-25-15-19)23(28)26-11-12-29-21-9-5-7-18-14-24(3,4)30-22(18)21/h5-10,13,15H,11-12,14H2,1-4H3,(H,26,28). The van der Waals surface area contributed by atoms with Crippen molar-refractivity contribution in [2.24, 2.45) is 0 Å². The van der Waals surface area contributed by atoms with Gasteiger partial charge in [-0.05, 0) is 52.0 Å². The number of hydrogen-bond acceptors (Lipinski definition) is 4. The molecule has 0 radical (unpaired) electrons. The number of benzene rings is 1. The van der Waals surface area contributed by atoms with E-state index in [1.165, 1.54) is 0 Å². The fourth-order valence-electron chi connectivity index (χ4n) is 4.00. The summed E-state index contributed by atoms with van der Waals surface area (Å²) in [6, 6.07) is 11.7. The molecule has 3 aromatic rings. The van der Waals surface area contributed by atoms with Crippen molar-refractivity contribution in [3.8, 4) is 17.2 Å². The Bertz CT molecular complexity index is 1070. The van der Waals surface area contributed by atoms with Crippen LogP contribution in [0.1, 0.15) is 41.2 Å². The predicted molar refractivity (Wildman–Crippen MR) is 116 cm³/mol. The van der Waals surface area contributed by atoms with Crippen LogP contribution in [-0.4, -0.2) is 34.2 Å². The van der Waals surface area contributed by atoms with E-state index in [2.05, 4.69) is 30.2 Å². The fraction of sp³-hybridized carbons (Fsp3) is 0.333. The molecule has 1 aliphatic heterocycles. The van der Waals surface area contributed by atoms with E-state index in [9.17, 15) is 4.79 Å². The van der Waals surface area contributed by atoms with Crippen molar-refractivity contribution >= 4 is 5.91 Å². The van der Waals surface area contributed by atoms with Gasteiger partial charge in [-0.3, -0.25) is 9.78 Å². The minimum atomic E-state index is -0.215. The Morgan fingerprint density at radius 3 is 2.87 bits per heavy atom. The van der Waals surface area contributed by atoms with Crippen LogP contribution in [0.2, 0.25) is 0 Å². The van der Waals surface area contributed by atoms with Crippen LogP contribution in [0.15, 0.2) is 48.8 Å². The van der Waals surface area contributed by atoms with E-state index in [-0.39, 0.29) is 11.5 Å². The average Bonchev–Trinajstić information content (AvgIpc) is 3.20. The molecule has 0 bridgehead atoms. The SMILES string of the molecule is Cc1cc(C(=O)NCCOc2cccc3c2OC(C)(C)C3)c(C)n1-c1cccnc1. The summed E-state index contributed by atoms with van der Waals surface area (Å²) in [4.78, 5) is 16.9. The van der Waals surface area contributed by atoms with Gasteiger partial charge in [0.25, 0.3) is 5.91 Å². The number of hydrogen-bond donors (Lipinski definition) is 1. The zero-order valence-corrected chi connectivity index (χ0v) is 17.9. The van der Waals surface area contributed by atoms with Gasteiger partial charge in [-0.15, -0.1) is 0 Å². The molecule has 2 aromatic heterocycles. The van der Waals surface area contributed by atoms with Gasteiger partial charge in [0.2, 0.25) is 0 Å². The number of amides is 1. The third-order valence-electron chi connectivity index (χ3n) is 5.28. The van der Waals surface area contributed by atoms with Gasteiger partial charge >= 0.3 is 0 Å². The lowest BCUT2D eigenvalue weighted by Gasteiger charge is -2.18. The topological polar surface area (TPSA) is 65.4 Å². The number of carbonyl (C=O) groups excluding carboxylic acids is 1. The van der Waals surface area contributed by atoms with Crippen LogP contribution < -0.4 is 14.8 Å². The summed E-state index contributed by atoms with van der Waals surface area (Å²) in [5.74, 6) is 1.42. The number of rotatable bonds is 6. The van der Waals surface area contributed by atoms with Crippen molar-refractivity contribution in [3.05, 3.63) is 71.3 Å². The molecule has 4 rings (SSSR count). The first-order valence-electron chi connectivity index (χ1n) is 10.2. The van der Waals surface area contributed by atoms with Crippen LogP contribution in [0.4, 0.5) is 0 Å². The van der Waals surface area contributed by atoms with E-state index >= 15 is 0 Å². The van der Waals surface area contributed by atoms with Gasteiger partial charge in [0.05, 0.1) is 24.0 Å². The highest BCUT2D eigenvalue weighted by Gasteiger charge is 2.32. The second-order valence-corrected chi connectivity index (χ2v) is 8.22. The molecule has 1 N–H and O–H groups in total. The average molecular weight is 405 g/mol. The van der Waals surface area contributed by atoms with Crippen molar-refractivity contribution < 1.29 is 14.3 Å². The highest BCUT2D eigenvalue weighted by Crippen LogP contribution is 2.41. The highest BCUT2D eigenvalue weighted by molar-refractivity contribution is 5.95. The molecule has 0 spiro atoms. The van der Waals surface area contributed by atoms with Crippen LogP contribution in [0, 0.1) is 13.8 Å². The molecule has 0 saturated carbocycles. The Morgan fingerprint density at radius 2 is 2.10 bits per heavy atom. The minimum absolute atomic E-state index is 0.113. The Morgan fingerprint density at radius 1 is 1.27 bits per heavy atom. The quantitative estimate of drug-likeness (QED) is 0.630. The van der Waals surface area contributed by atoms with Gasteiger partial charge in [-0.2, -0.15) is 0 Å². The van der Waals surface area contributed by atoms with Crippen LogP contribution >= 0.6 is 0 Å². The minimum Gasteiger partial charge on any atom is -0.488 e. The molecule has 1 aliphatic rings. The molecule has 0 unspecified atom stereocenters. The lowest BCUT2D eigenvalue weighted by molar-refractivity contribution is 0.0945. The van der Waals surface area contributed by atoms with Gasteiger partial charge < -0.3 is 19.4 Å².